The standard InChI is InChI=1S/C12H18N4O3/c1-16-7-14-10(15-16)6-13-11(17)8-4-2-3-5-9(8)12(18)19/h7-9H,2-6H2,1H3,(H,13,17)(H,18,19)/t8-,9+/m1/s1. The smallest absolute Gasteiger partial charge is 0.307 e. The molecule has 0 bridgehead atoms. The third-order valence-electron chi connectivity index (χ3n) is 3.49. The maximum Gasteiger partial charge on any atom is 0.307 e. The van der Waals surface area contributed by atoms with Gasteiger partial charge in [-0.15, -0.1) is 0 Å². The molecule has 19 heavy (non-hydrogen) atoms. The van der Waals surface area contributed by atoms with Crippen molar-refractivity contribution in [2.75, 3.05) is 0 Å². The Kier molecular flexibility index (Phi) is 4.13. The molecule has 0 aliphatic heterocycles. The number of hydrogen-bond acceptors (Lipinski definition) is 4. The number of hydrogen-bond donors (Lipinski definition) is 2. The lowest BCUT2D eigenvalue weighted by Crippen LogP contribution is -2.39. The van der Waals surface area contributed by atoms with Gasteiger partial charge < -0.3 is 10.4 Å². The molecule has 1 fully saturated rings. The highest BCUT2D eigenvalue weighted by Crippen LogP contribution is 2.30. The second kappa shape index (κ2) is 5.81. The highest BCUT2D eigenvalue weighted by molar-refractivity contribution is 5.84. The lowest BCUT2D eigenvalue weighted by atomic mass is 9.79. The number of carboxylic acids is 1. The summed E-state index contributed by atoms with van der Waals surface area (Å²) in [6.45, 7) is 0.239. The van der Waals surface area contributed by atoms with Crippen LogP contribution in [0.1, 0.15) is 31.5 Å². The Balaban J connectivity index is 1.92. The Morgan fingerprint density at radius 2 is 2.11 bits per heavy atom. The van der Waals surface area contributed by atoms with E-state index in [9.17, 15) is 9.59 Å². The first-order valence-corrected chi connectivity index (χ1v) is 6.43. The molecular formula is C12H18N4O3. The van der Waals surface area contributed by atoms with E-state index in [2.05, 4.69) is 15.4 Å². The molecule has 0 saturated heterocycles. The van der Waals surface area contributed by atoms with Gasteiger partial charge in [-0.05, 0) is 12.8 Å². The zero-order chi connectivity index (χ0) is 13.8. The summed E-state index contributed by atoms with van der Waals surface area (Å²) in [5, 5.41) is 15.9. The highest BCUT2D eigenvalue weighted by Gasteiger charge is 2.35. The van der Waals surface area contributed by atoms with Gasteiger partial charge in [-0.1, -0.05) is 12.8 Å². The van der Waals surface area contributed by atoms with E-state index in [-0.39, 0.29) is 12.5 Å². The van der Waals surface area contributed by atoms with Crippen molar-refractivity contribution >= 4 is 11.9 Å². The lowest BCUT2D eigenvalue weighted by molar-refractivity contribution is -0.148. The van der Waals surface area contributed by atoms with Gasteiger partial charge in [0.25, 0.3) is 0 Å². The minimum absolute atomic E-state index is 0.209. The van der Waals surface area contributed by atoms with Crippen LogP contribution in [-0.4, -0.2) is 31.7 Å². The molecule has 0 radical (unpaired) electrons. The predicted octanol–water partition coefficient (Wildman–Crippen LogP) is 0.322. The van der Waals surface area contributed by atoms with Crippen molar-refractivity contribution in [1.82, 2.24) is 20.1 Å². The summed E-state index contributed by atoms with van der Waals surface area (Å²) >= 11 is 0. The van der Waals surface area contributed by atoms with Crippen LogP contribution in [0.3, 0.4) is 0 Å². The molecule has 1 amide bonds. The fraction of sp³-hybridized carbons (Fsp3) is 0.667. The number of aromatic nitrogens is 3. The van der Waals surface area contributed by atoms with Crippen LogP contribution < -0.4 is 5.32 Å². The Morgan fingerprint density at radius 1 is 1.42 bits per heavy atom. The van der Waals surface area contributed by atoms with Gasteiger partial charge >= 0.3 is 5.97 Å². The van der Waals surface area contributed by atoms with E-state index in [1.54, 1.807) is 18.1 Å². The third kappa shape index (κ3) is 3.30. The molecule has 0 aromatic carbocycles. The van der Waals surface area contributed by atoms with Crippen molar-refractivity contribution in [1.29, 1.82) is 0 Å². The van der Waals surface area contributed by atoms with Crippen LogP contribution in [-0.2, 0) is 23.2 Å². The monoisotopic (exact) mass is 266 g/mol. The van der Waals surface area contributed by atoms with Crippen LogP contribution in [0.4, 0.5) is 0 Å². The van der Waals surface area contributed by atoms with E-state index < -0.39 is 17.8 Å². The SMILES string of the molecule is Cn1cnc(CNC(=O)[C@@H]2CCCC[C@@H]2C(=O)O)n1. The van der Waals surface area contributed by atoms with Crippen molar-refractivity contribution in [2.24, 2.45) is 18.9 Å². The Morgan fingerprint density at radius 3 is 2.68 bits per heavy atom. The summed E-state index contributed by atoms with van der Waals surface area (Å²) in [5.74, 6) is -1.56. The van der Waals surface area contributed by atoms with Gasteiger partial charge in [0.1, 0.15) is 6.33 Å². The molecule has 2 rings (SSSR count). The number of amides is 1. The molecule has 1 aliphatic rings. The van der Waals surface area contributed by atoms with Crippen LogP contribution in [0.15, 0.2) is 6.33 Å². The van der Waals surface area contributed by atoms with Gasteiger partial charge in [-0.2, -0.15) is 5.10 Å². The summed E-state index contributed by atoms with van der Waals surface area (Å²) in [7, 11) is 1.75. The Bertz CT molecular complexity index is 471. The minimum atomic E-state index is -0.879. The molecule has 2 N–H and O–H groups in total. The first kappa shape index (κ1) is 13.5. The maximum absolute atomic E-state index is 12.1. The molecule has 1 saturated carbocycles. The third-order valence-corrected chi connectivity index (χ3v) is 3.49. The first-order valence-electron chi connectivity index (χ1n) is 6.43. The second-order valence-electron chi connectivity index (χ2n) is 4.89. The van der Waals surface area contributed by atoms with Crippen LogP contribution in [0.5, 0.6) is 0 Å². The predicted molar refractivity (Wildman–Crippen MR) is 65.9 cm³/mol. The van der Waals surface area contributed by atoms with Gasteiger partial charge in [0.15, 0.2) is 5.82 Å². The Labute approximate surface area is 111 Å². The molecule has 0 spiro atoms. The first-order chi connectivity index (χ1) is 9.08. The van der Waals surface area contributed by atoms with Gasteiger partial charge in [0, 0.05) is 7.05 Å². The second-order valence-corrected chi connectivity index (χ2v) is 4.89. The van der Waals surface area contributed by atoms with E-state index in [0.717, 1.165) is 12.8 Å². The Hall–Kier alpha value is -1.92. The van der Waals surface area contributed by atoms with Crippen molar-refractivity contribution in [3.63, 3.8) is 0 Å². The average molecular weight is 266 g/mol. The number of rotatable bonds is 4. The minimum Gasteiger partial charge on any atom is -0.481 e. The molecule has 104 valence electrons. The van der Waals surface area contributed by atoms with Crippen LogP contribution in [0, 0.1) is 11.8 Å². The average Bonchev–Trinajstić information content (AvgIpc) is 2.81. The van der Waals surface area contributed by atoms with Gasteiger partial charge in [-0.3, -0.25) is 14.3 Å². The van der Waals surface area contributed by atoms with Crippen LogP contribution in [0.2, 0.25) is 0 Å². The van der Waals surface area contributed by atoms with Crippen molar-refractivity contribution in [3.8, 4) is 0 Å². The molecule has 2 atom stereocenters. The summed E-state index contributed by atoms with van der Waals surface area (Å²) < 4.78 is 1.56. The summed E-state index contributed by atoms with van der Waals surface area (Å²) in [6, 6.07) is 0. The van der Waals surface area contributed by atoms with Crippen molar-refractivity contribution in [2.45, 2.75) is 32.2 Å². The molecule has 1 heterocycles. The zero-order valence-corrected chi connectivity index (χ0v) is 10.9. The van der Waals surface area contributed by atoms with E-state index >= 15 is 0 Å². The number of nitrogens with zero attached hydrogens (tertiary/aromatic N) is 3. The molecular weight excluding hydrogens is 248 g/mol. The van der Waals surface area contributed by atoms with Crippen LogP contribution >= 0.6 is 0 Å². The number of carbonyl (C=O) groups is 2. The van der Waals surface area contributed by atoms with E-state index in [0.29, 0.717) is 18.7 Å². The van der Waals surface area contributed by atoms with Crippen molar-refractivity contribution < 1.29 is 14.7 Å². The number of carboxylic acid groups (broad SMARTS) is 1. The molecule has 7 heteroatoms. The van der Waals surface area contributed by atoms with E-state index in [1.165, 1.54) is 0 Å². The fourth-order valence-electron chi connectivity index (χ4n) is 2.50. The number of aliphatic carboxylic acids is 1. The normalized spacial score (nSPS) is 23.0. The molecule has 1 aromatic heterocycles. The summed E-state index contributed by atoms with van der Waals surface area (Å²) in [5.41, 5.74) is 0. The van der Waals surface area contributed by atoms with E-state index in [1.807, 2.05) is 0 Å². The molecule has 0 unspecified atom stereocenters. The largest absolute Gasteiger partial charge is 0.481 e. The fourth-order valence-corrected chi connectivity index (χ4v) is 2.50. The summed E-state index contributed by atoms with van der Waals surface area (Å²) in [6.07, 6.45) is 4.56. The molecule has 1 aliphatic carbocycles. The highest BCUT2D eigenvalue weighted by atomic mass is 16.4. The van der Waals surface area contributed by atoms with Crippen LogP contribution in [0.25, 0.3) is 0 Å². The number of nitrogens with one attached hydrogen (secondary N) is 1. The summed E-state index contributed by atoms with van der Waals surface area (Å²) in [4.78, 5) is 27.2. The van der Waals surface area contributed by atoms with Gasteiger partial charge in [0.05, 0.1) is 18.4 Å². The topological polar surface area (TPSA) is 97.1 Å². The zero-order valence-electron chi connectivity index (χ0n) is 10.9. The maximum atomic E-state index is 12.1. The van der Waals surface area contributed by atoms with Gasteiger partial charge in [-0.25, -0.2) is 4.98 Å². The molecule has 1 aromatic rings. The number of aryl methyl sites for hydroxylation is 1. The molecule has 7 nitrogen and oxygen atoms in total. The lowest BCUT2D eigenvalue weighted by Gasteiger charge is -2.27. The van der Waals surface area contributed by atoms with Gasteiger partial charge in [0.2, 0.25) is 5.91 Å². The van der Waals surface area contributed by atoms with E-state index in [4.69, 9.17) is 5.11 Å². The quantitative estimate of drug-likeness (QED) is 0.818. The van der Waals surface area contributed by atoms with Crippen molar-refractivity contribution in [3.05, 3.63) is 12.2 Å². The number of carbonyl (C=O) groups excluding carboxylic acids is 1.